The summed E-state index contributed by atoms with van der Waals surface area (Å²) in [5, 5.41) is 3.39. The lowest BCUT2D eigenvalue weighted by molar-refractivity contribution is 0.585. The average molecular weight is 287 g/mol. The first-order valence-electron chi connectivity index (χ1n) is 7.72. The van der Waals surface area contributed by atoms with Gasteiger partial charge in [0.2, 0.25) is 5.95 Å². The molecule has 21 heavy (non-hydrogen) atoms. The van der Waals surface area contributed by atoms with Crippen LogP contribution in [0.3, 0.4) is 0 Å². The van der Waals surface area contributed by atoms with Gasteiger partial charge in [-0.05, 0) is 12.8 Å². The first kappa shape index (κ1) is 12.8. The van der Waals surface area contributed by atoms with Gasteiger partial charge in [-0.2, -0.15) is 9.97 Å². The van der Waals surface area contributed by atoms with Crippen molar-refractivity contribution < 1.29 is 0 Å². The highest BCUT2D eigenvalue weighted by Crippen LogP contribution is 2.26. The molecule has 0 bridgehead atoms. The number of aromatic nitrogens is 4. The summed E-state index contributed by atoms with van der Waals surface area (Å²) in [7, 11) is 2.00. The van der Waals surface area contributed by atoms with Crippen molar-refractivity contribution in [3.05, 3.63) is 6.33 Å². The largest absolute Gasteiger partial charge is 0.352 e. The standard InChI is InChI=1S/C14H21N7/c1-19-10-16-11-12(19)17-14(21-6-2-3-7-21)18-13(11)20-8-4-15-5-9-20/h10,15H,2-9H2,1H3. The summed E-state index contributed by atoms with van der Waals surface area (Å²) in [4.78, 5) is 18.7. The molecular formula is C14H21N7. The lowest BCUT2D eigenvalue weighted by atomic mass is 10.3. The van der Waals surface area contributed by atoms with Crippen LogP contribution in [0.1, 0.15) is 12.8 Å². The van der Waals surface area contributed by atoms with E-state index in [9.17, 15) is 0 Å². The minimum absolute atomic E-state index is 0.858. The number of hydrogen-bond donors (Lipinski definition) is 1. The third-order valence-electron chi connectivity index (χ3n) is 4.33. The smallest absolute Gasteiger partial charge is 0.229 e. The molecule has 0 aromatic carbocycles. The van der Waals surface area contributed by atoms with Crippen molar-refractivity contribution in [1.29, 1.82) is 0 Å². The van der Waals surface area contributed by atoms with Crippen molar-refractivity contribution in [2.45, 2.75) is 12.8 Å². The first-order valence-corrected chi connectivity index (χ1v) is 7.72. The van der Waals surface area contributed by atoms with Gasteiger partial charge >= 0.3 is 0 Å². The highest BCUT2D eigenvalue weighted by atomic mass is 15.3. The van der Waals surface area contributed by atoms with Gasteiger partial charge in [-0.15, -0.1) is 0 Å². The molecule has 4 rings (SSSR count). The van der Waals surface area contributed by atoms with Gasteiger partial charge in [0.05, 0.1) is 6.33 Å². The Kier molecular flexibility index (Phi) is 3.14. The molecule has 4 heterocycles. The van der Waals surface area contributed by atoms with E-state index < -0.39 is 0 Å². The van der Waals surface area contributed by atoms with E-state index in [1.807, 2.05) is 17.9 Å². The number of rotatable bonds is 2. The maximum atomic E-state index is 4.86. The average Bonchev–Trinajstić information content (AvgIpc) is 3.18. The Morgan fingerprint density at radius 1 is 1.00 bits per heavy atom. The number of fused-ring (bicyclic) bond motifs is 1. The van der Waals surface area contributed by atoms with Crippen molar-refractivity contribution >= 4 is 22.9 Å². The molecule has 2 saturated heterocycles. The molecule has 112 valence electrons. The van der Waals surface area contributed by atoms with Gasteiger partial charge in [0, 0.05) is 46.3 Å². The van der Waals surface area contributed by atoms with Crippen molar-refractivity contribution in [2.75, 3.05) is 49.1 Å². The lowest BCUT2D eigenvalue weighted by Crippen LogP contribution is -2.44. The Morgan fingerprint density at radius 3 is 2.52 bits per heavy atom. The van der Waals surface area contributed by atoms with Crippen LogP contribution >= 0.6 is 0 Å². The Hall–Kier alpha value is -1.89. The van der Waals surface area contributed by atoms with E-state index in [-0.39, 0.29) is 0 Å². The van der Waals surface area contributed by atoms with E-state index in [0.717, 1.165) is 62.2 Å². The zero-order valence-corrected chi connectivity index (χ0v) is 12.4. The van der Waals surface area contributed by atoms with Crippen LogP contribution in [-0.4, -0.2) is 58.8 Å². The Balaban J connectivity index is 1.82. The van der Waals surface area contributed by atoms with Gasteiger partial charge < -0.3 is 19.7 Å². The van der Waals surface area contributed by atoms with Crippen molar-refractivity contribution in [3.63, 3.8) is 0 Å². The van der Waals surface area contributed by atoms with Crippen molar-refractivity contribution in [3.8, 4) is 0 Å². The first-order chi connectivity index (χ1) is 10.3. The maximum Gasteiger partial charge on any atom is 0.229 e. The van der Waals surface area contributed by atoms with E-state index in [4.69, 9.17) is 9.97 Å². The summed E-state index contributed by atoms with van der Waals surface area (Å²) < 4.78 is 1.99. The number of piperazine rings is 1. The van der Waals surface area contributed by atoms with Crippen LogP contribution < -0.4 is 15.1 Å². The van der Waals surface area contributed by atoms with Crippen LogP contribution in [0.25, 0.3) is 11.2 Å². The summed E-state index contributed by atoms with van der Waals surface area (Å²) in [6.45, 7) is 6.06. The van der Waals surface area contributed by atoms with Crippen molar-refractivity contribution in [2.24, 2.45) is 7.05 Å². The molecule has 7 nitrogen and oxygen atoms in total. The molecule has 0 atom stereocenters. The molecule has 0 saturated carbocycles. The second kappa shape index (κ2) is 5.14. The highest BCUT2D eigenvalue weighted by molar-refractivity contribution is 5.85. The van der Waals surface area contributed by atoms with Crippen LogP contribution in [0.15, 0.2) is 6.33 Å². The van der Waals surface area contributed by atoms with Crippen molar-refractivity contribution in [1.82, 2.24) is 24.8 Å². The van der Waals surface area contributed by atoms with Gasteiger partial charge in [0.15, 0.2) is 17.0 Å². The monoisotopic (exact) mass is 287 g/mol. The summed E-state index contributed by atoms with van der Waals surface area (Å²) in [6, 6.07) is 0. The fourth-order valence-electron chi connectivity index (χ4n) is 3.14. The van der Waals surface area contributed by atoms with Crippen LogP contribution in [0.5, 0.6) is 0 Å². The molecule has 0 radical (unpaired) electrons. The van der Waals surface area contributed by atoms with E-state index in [1.54, 1.807) is 0 Å². The van der Waals surface area contributed by atoms with E-state index in [0.29, 0.717) is 0 Å². The summed E-state index contributed by atoms with van der Waals surface area (Å²) in [5.41, 5.74) is 1.85. The second-order valence-corrected chi connectivity index (χ2v) is 5.81. The topological polar surface area (TPSA) is 62.1 Å². The number of aryl methyl sites for hydroxylation is 1. The van der Waals surface area contributed by atoms with Gasteiger partial charge in [0.1, 0.15) is 0 Å². The Labute approximate surface area is 124 Å². The summed E-state index contributed by atoms with van der Waals surface area (Å²) >= 11 is 0. The molecule has 1 N–H and O–H groups in total. The minimum atomic E-state index is 0.858. The minimum Gasteiger partial charge on any atom is -0.352 e. The molecule has 7 heteroatoms. The molecule has 2 aliphatic heterocycles. The number of imidazole rings is 1. The number of anilines is 2. The summed E-state index contributed by atoms with van der Waals surface area (Å²) in [6.07, 6.45) is 4.30. The third kappa shape index (κ3) is 2.21. The molecule has 0 spiro atoms. The van der Waals surface area contributed by atoms with Crippen LogP contribution in [0.4, 0.5) is 11.8 Å². The number of nitrogens with one attached hydrogen (secondary N) is 1. The SMILES string of the molecule is Cn1cnc2c(N3CCNCC3)nc(N3CCCC3)nc21. The molecule has 2 aromatic rings. The molecule has 0 aliphatic carbocycles. The number of hydrogen-bond acceptors (Lipinski definition) is 6. The summed E-state index contributed by atoms with van der Waals surface area (Å²) in [5.74, 6) is 1.85. The zero-order valence-electron chi connectivity index (χ0n) is 12.4. The highest BCUT2D eigenvalue weighted by Gasteiger charge is 2.22. The molecule has 0 unspecified atom stereocenters. The predicted molar refractivity (Wildman–Crippen MR) is 82.8 cm³/mol. The van der Waals surface area contributed by atoms with E-state index in [1.165, 1.54) is 12.8 Å². The van der Waals surface area contributed by atoms with Crippen LogP contribution in [0.2, 0.25) is 0 Å². The van der Waals surface area contributed by atoms with Gasteiger partial charge in [-0.1, -0.05) is 0 Å². The third-order valence-corrected chi connectivity index (χ3v) is 4.33. The number of nitrogens with zero attached hydrogens (tertiary/aromatic N) is 6. The quantitative estimate of drug-likeness (QED) is 0.861. The predicted octanol–water partition coefficient (Wildman–Crippen LogP) is 0.373. The van der Waals surface area contributed by atoms with Gasteiger partial charge in [-0.25, -0.2) is 4.98 Å². The molecular weight excluding hydrogens is 266 g/mol. The Morgan fingerprint density at radius 2 is 1.76 bits per heavy atom. The van der Waals surface area contributed by atoms with Gasteiger partial charge in [0.25, 0.3) is 0 Å². The fraction of sp³-hybridized carbons (Fsp3) is 0.643. The van der Waals surface area contributed by atoms with Gasteiger partial charge in [-0.3, -0.25) is 0 Å². The van der Waals surface area contributed by atoms with Crippen LogP contribution in [-0.2, 0) is 7.05 Å². The maximum absolute atomic E-state index is 4.86. The molecule has 2 aliphatic rings. The Bertz CT molecular complexity index is 638. The molecule has 2 fully saturated rings. The van der Waals surface area contributed by atoms with E-state index >= 15 is 0 Å². The lowest BCUT2D eigenvalue weighted by Gasteiger charge is -2.29. The fourth-order valence-corrected chi connectivity index (χ4v) is 3.14. The van der Waals surface area contributed by atoms with E-state index in [2.05, 4.69) is 20.1 Å². The zero-order chi connectivity index (χ0) is 14.2. The molecule has 0 amide bonds. The van der Waals surface area contributed by atoms with Crippen LogP contribution in [0, 0.1) is 0 Å². The normalized spacial score (nSPS) is 19.7. The second-order valence-electron chi connectivity index (χ2n) is 5.81. The molecule has 2 aromatic heterocycles.